The van der Waals surface area contributed by atoms with Gasteiger partial charge in [0.25, 0.3) is 0 Å². The van der Waals surface area contributed by atoms with Gasteiger partial charge in [-0.2, -0.15) is 0 Å². The van der Waals surface area contributed by atoms with Gasteiger partial charge in [-0.05, 0) is 51.0 Å². The van der Waals surface area contributed by atoms with Gasteiger partial charge in [0.2, 0.25) is 0 Å². The van der Waals surface area contributed by atoms with Gasteiger partial charge in [-0.1, -0.05) is 25.0 Å². The number of hydrogen-bond donors (Lipinski definition) is 1. The van der Waals surface area contributed by atoms with Crippen molar-refractivity contribution < 1.29 is 0 Å². The van der Waals surface area contributed by atoms with E-state index in [0.717, 1.165) is 12.0 Å². The second-order valence-electron chi connectivity index (χ2n) is 4.77. The summed E-state index contributed by atoms with van der Waals surface area (Å²) in [5.41, 5.74) is 1.76. The second kappa shape index (κ2) is 4.97. The molecule has 0 bridgehead atoms. The third-order valence-electron chi connectivity index (χ3n) is 3.71. The Hall–Kier alpha value is -0.300. The van der Waals surface area contributed by atoms with Gasteiger partial charge in [-0.3, -0.25) is 0 Å². The minimum atomic E-state index is 0.742. The largest absolute Gasteiger partial charge is 0.310 e. The minimum absolute atomic E-state index is 0.742. The molecule has 0 radical (unpaired) electrons. The fourth-order valence-corrected chi connectivity index (χ4v) is 3.02. The zero-order chi connectivity index (χ0) is 9.80. The van der Waals surface area contributed by atoms with Crippen LogP contribution in [0.25, 0.3) is 0 Å². The van der Waals surface area contributed by atoms with Crippen LogP contribution in [0.5, 0.6) is 0 Å². The Morgan fingerprint density at radius 2 is 2.29 bits per heavy atom. The summed E-state index contributed by atoms with van der Waals surface area (Å²) in [6.07, 6.45) is 12.2. The van der Waals surface area contributed by atoms with Crippen LogP contribution < -0.4 is 5.32 Å². The first-order chi connectivity index (χ1) is 6.92. The van der Waals surface area contributed by atoms with Crippen LogP contribution in [0.15, 0.2) is 11.6 Å². The molecule has 0 aromatic carbocycles. The van der Waals surface area contributed by atoms with E-state index in [1.165, 1.54) is 51.5 Å². The normalized spacial score (nSPS) is 33.1. The molecular weight excluding hydrogens is 170 g/mol. The molecule has 1 N–H and O–H groups in total. The van der Waals surface area contributed by atoms with E-state index < -0.39 is 0 Å². The number of rotatable bonds is 3. The zero-order valence-electron chi connectivity index (χ0n) is 9.39. The quantitative estimate of drug-likeness (QED) is 0.678. The molecule has 0 saturated carbocycles. The molecule has 0 spiro atoms. The average molecular weight is 193 g/mol. The average Bonchev–Trinajstić information content (AvgIpc) is 2.72. The zero-order valence-corrected chi connectivity index (χ0v) is 9.39. The van der Waals surface area contributed by atoms with Crippen LogP contribution >= 0.6 is 0 Å². The van der Waals surface area contributed by atoms with Gasteiger partial charge in [0.15, 0.2) is 0 Å². The summed E-state index contributed by atoms with van der Waals surface area (Å²) in [5.74, 6) is 0.907. The SMILES string of the molecule is CCCC1CCCC=C1C1CCCN1. The standard InChI is InChI=1S/C13H23N/c1-2-6-11-7-3-4-8-12(11)13-9-5-10-14-13/h8,11,13-14H,2-7,9-10H2,1H3. The molecule has 1 aliphatic carbocycles. The lowest BCUT2D eigenvalue weighted by molar-refractivity contribution is 0.433. The second-order valence-corrected chi connectivity index (χ2v) is 4.77. The molecule has 0 aromatic rings. The molecule has 0 amide bonds. The Bertz CT molecular complexity index is 201. The smallest absolute Gasteiger partial charge is 0.0282 e. The van der Waals surface area contributed by atoms with E-state index in [0.29, 0.717) is 0 Å². The third kappa shape index (κ3) is 2.20. The van der Waals surface area contributed by atoms with Crippen LogP contribution in [0.3, 0.4) is 0 Å². The van der Waals surface area contributed by atoms with Gasteiger partial charge in [0, 0.05) is 6.04 Å². The summed E-state index contributed by atoms with van der Waals surface area (Å²) >= 11 is 0. The fourth-order valence-electron chi connectivity index (χ4n) is 3.02. The van der Waals surface area contributed by atoms with Crippen molar-refractivity contribution in [2.75, 3.05) is 6.54 Å². The first-order valence-corrected chi connectivity index (χ1v) is 6.35. The Morgan fingerprint density at radius 1 is 1.36 bits per heavy atom. The van der Waals surface area contributed by atoms with Crippen molar-refractivity contribution in [2.45, 2.75) is 57.9 Å². The van der Waals surface area contributed by atoms with E-state index in [1.807, 2.05) is 0 Å². The van der Waals surface area contributed by atoms with Crippen LogP contribution in [-0.2, 0) is 0 Å². The third-order valence-corrected chi connectivity index (χ3v) is 3.71. The maximum atomic E-state index is 3.65. The molecule has 1 fully saturated rings. The molecule has 2 atom stereocenters. The first-order valence-electron chi connectivity index (χ1n) is 6.35. The van der Waals surface area contributed by atoms with Gasteiger partial charge < -0.3 is 5.32 Å². The summed E-state index contributed by atoms with van der Waals surface area (Å²) in [6, 6.07) is 0.742. The van der Waals surface area contributed by atoms with Gasteiger partial charge >= 0.3 is 0 Å². The summed E-state index contributed by atoms with van der Waals surface area (Å²) in [5, 5.41) is 3.65. The molecule has 2 unspecified atom stereocenters. The lowest BCUT2D eigenvalue weighted by Gasteiger charge is -2.28. The highest BCUT2D eigenvalue weighted by molar-refractivity contribution is 5.18. The van der Waals surface area contributed by atoms with Crippen molar-refractivity contribution in [1.29, 1.82) is 0 Å². The van der Waals surface area contributed by atoms with E-state index in [2.05, 4.69) is 18.3 Å². The molecule has 1 heterocycles. The van der Waals surface area contributed by atoms with Crippen molar-refractivity contribution in [2.24, 2.45) is 5.92 Å². The predicted molar refractivity (Wildman–Crippen MR) is 61.4 cm³/mol. The van der Waals surface area contributed by atoms with Crippen LogP contribution in [0, 0.1) is 5.92 Å². The van der Waals surface area contributed by atoms with Gasteiger partial charge in [0.1, 0.15) is 0 Å². The molecule has 1 nitrogen and oxygen atoms in total. The Balaban J connectivity index is 2.01. The maximum Gasteiger partial charge on any atom is 0.0282 e. The van der Waals surface area contributed by atoms with Gasteiger partial charge in [-0.25, -0.2) is 0 Å². The van der Waals surface area contributed by atoms with E-state index in [-0.39, 0.29) is 0 Å². The molecule has 80 valence electrons. The summed E-state index contributed by atoms with van der Waals surface area (Å²) in [4.78, 5) is 0. The number of allylic oxidation sites excluding steroid dienone is 1. The van der Waals surface area contributed by atoms with Crippen molar-refractivity contribution in [1.82, 2.24) is 5.32 Å². The van der Waals surface area contributed by atoms with Gasteiger partial charge in [-0.15, -0.1) is 0 Å². The number of hydrogen-bond acceptors (Lipinski definition) is 1. The Morgan fingerprint density at radius 3 is 3.00 bits per heavy atom. The lowest BCUT2D eigenvalue weighted by Crippen LogP contribution is -2.29. The summed E-state index contributed by atoms with van der Waals surface area (Å²) in [6.45, 7) is 3.55. The van der Waals surface area contributed by atoms with E-state index in [4.69, 9.17) is 0 Å². The van der Waals surface area contributed by atoms with Crippen molar-refractivity contribution >= 4 is 0 Å². The van der Waals surface area contributed by atoms with Crippen molar-refractivity contribution in [3.8, 4) is 0 Å². The van der Waals surface area contributed by atoms with E-state index >= 15 is 0 Å². The molecule has 0 aromatic heterocycles. The maximum absolute atomic E-state index is 3.65. The van der Waals surface area contributed by atoms with Crippen LogP contribution in [0.2, 0.25) is 0 Å². The molecule has 1 aliphatic heterocycles. The Labute approximate surface area is 88.0 Å². The van der Waals surface area contributed by atoms with Gasteiger partial charge in [0.05, 0.1) is 0 Å². The molecule has 1 heteroatoms. The fraction of sp³-hybridized carbons (Fsp3) is 0.846. The molecule has 2 aliphatic rings. The van der Waals surface area contributed by atoms with E-state index in [9.17, 15) is 0 Å². The van der Waals surface area contributed by atoms with Crippen LogP contribution in [0.1, 0.15) is 51.9 Å². The van der Waals surface area contributed by atoms with Crippen LogP contribution in [0.4, 0.5) is 0 Å². The van der Waals surface area contributed by atoms with Crippen molar-refractivity contribution in [3.63, 3.8) is 0 Å². The molecule has 14 heavy (non-hydrogen) atoms. The highest BCUT2D eigenvalue weighted by Gasteiger charge is 2.25. The number of nitrogens with one attached hydrogen (secondary N) is 1. The molecule has 1 saturated heterocycles. The highest BCUT2D eigenvalue weighted by Crippen LogP contribution is 2.33. The first kappa shape index (κ1) is 10.2. The monoisotopic (exact) mass is 193 g/mol. The predicted octanol–water partition coefficient (Wildman–Crippen LogP) is 3.27. The van der Waals surface area contributed by atoms with Crippen molar-refractivity contribution in [3.05, 3.63) is 11.6 Å². The summed E-state index contributed by atoms with van der Waals surface area (Å²) < 4.78 is 0. The lowest BCUT2D eigenvalue weighted by atomic mass is 9.80. The van der Waals surface area contributed by atoms with Crippen LogP contribution in [-0.4, -0.2) is 12.6 Å². The van der Waals surface area contributed by atoms with E-state index in [1.54, 1.807) is 5.57 Å². The minimum Gasteiger partial charge on any atom is -0.310 e. The summed E-state index contributed by atoms with van der Waals surface area (Å²) in [7, 11) is 0. The Kier molecular flexibility index (Phi) is 3.63. The topological polar surface area (TPSA) is 12.0 Å². The highest BCUT2D eigenvalue weighted by atomic mass is 14.9. The molecule has 2 rings (SSSR count). The molecular formula is C13H23N.